The fourth-order valence-corrected chi connectivity index (χ4v) is 10.2. The zero-order valence-corrected chi connectivity index (χ0v) is 30.7. The van der Waals surface area contributed by atoms with Crippen LogP contribution in [0.5, 0.6) is 0 Å². The molecular weight excluding hydrogens is 569 g/mol. The molecule has 3 aliphatic rings. The van der Waals surface area contributed by atoms with E-state index in [1.165, 1.54) is 19.3 Å². The van der Waals surface area contributed by atoms with Crippen LogP contribution in [0.2, 0.25) is 26.2 Å². The molecule has 1 saturated heterocycles. The molecule has 2 aliphatic carbocycles. The van der Waals surface area contributed by atoms with Gasteiger partial charge in [-0.25, -0.2) is 0 Å². The molecule has 0 amide bonds. The molecule has 0 radical (unpaired) electrons. The predicted molar refractivity (Wildman–Crippen MR) is 175 cm³/mol. The smallest absolute Gasteiger partial charge is 0.264 e. The minimum atomic E-state index is -3.53. The van der Waals surface area contributed by atoms with Crippen LogP contribution in [0.1, 0.15) is 85.5 Å². The zero-order chi connectivity index (χ0) is 30.7. The summed E-state index contributed by atoms with van der Waals surface area (Å²) in [6.45, 7) is 23.6. The topological polar surface area (TPSA) is 74.4 Å². The molecule has 2 saturated carbocycles. The first-order valence-corrected chi connectivity index (χ1v) is 23.5. The van der Waals surface area contributed by atoms with Crippen molar-refractivity contribution < 1.29 is 26.2 Å². The molecule has 238 valence electrons. The summed E-state index contributed by atoms with van der Waals surface area (Å²) in [5.41, 5.74) is -0.750. The molecule has 3 fully saturated rings. The monoisotopic (exact) mass is 628 g/mol. The third-order valence-electron chi connectivity index (χ3n) is 10.1. The van der Waals surface area contributed by atoms with E-state index in [4.69, 9.17) is 17.8 Å². The Balaban J connectivity index is 1.83. The molecular formula is C32H60O6SSi2. The van der Waals surface area contributed by atoms with Crippen molar-refractivity contribution in [2.75, 3.05) is 19.5 Å². The molecule has 0 aromatic carbocycles. The van der Waals surface area contributed by atoms with Gasteiger partial charge in [-0.05, 0) is 93.3 Å². The van der Waals surface area contributed by atoms with Crippen LogP contribution in [0.3, 0.4) is 0 Å². The molecule has 1 heterocycles. The Hall–Kier alpha value is -0.296. The van der Waals surface area contributed by atoms with Gasteiger partial charge >= 0.3 is 0 Å². The number of unbranched alkanes of at least 4 members (excludes halogenated alkanes) is 2. The molecule has 7 atom stereocenters. The van der Waals surface area contributed by atoms with Crippen LogP contribution in [0.4, 0.5) is 0 Å². The molecule has 0 aromatic rings. The summed E-state index contributed by atoms with van der Waals surface area (Å²) >= 11 is 0. The van der Waals surface area contributed by atoms with Crippen LogP contribution < -0.4 is 0 Å². The number of allylic oxidation sites excluding steroid dienone is 3. The van der Waals surface area contributed by atoms with Crippen molar-refractivity contribution in [1.29, 1.82) is 0 Å². The molecule has 3 unspecified atom stereocenters. The van der Waals surface area contributed by atoms with Gasteiger partial charge in [-0.2, -0.15) is 8.42 Å². The van der Waals surface area contributed by atoms with E-state index < -0.39 is 33.8 Å². The molecule has 0 bridgehead atoms. The number of epoxide rings is 1. The highest BCUT2D eigenvalue weighted by Crippen LogP contribution is 2.68. The summed E-state index contributed by atoms with van der Waals surface area (Å²) in [5, 5.41) is 0. The molecule has 9 heteroatoms. The Labute approximate surface area is 255 Å². The maximum atomic E-state index is 11.8. The first-order valence-electron chi connectivity index (χ1n) is 16.2. The van der Waals surface area contributed by atoms with Gasteiger partial charge in [-0.15, -0.1) is 6.58 Å². The van der Waals surface area contributed by atoms with Gasteiger partial charge in [0, 0.05) is 6.61 Å². The van der Waals surface area contributed by atoms with Gasteiger partial charge in [-0.1, -0.05) is 65.2 Å². The highest BCUT2D eigenvalue weighted by atomic mass is 32.2. The van der Waals surface area contributed by atoms with Gasteiger partial charge in [0.15, 0.2) is 18.1 Å². The largest absolute Gasteiger partial charge is 0.421 e. The fraction of sp³-hybridized carbons (Fsp3) is 0.875. The second-order valence-corrected chi connectivity index (χ2v) is 21.2. The summed E-state index contributed by atoms with van der Waals surface area (Å²) in [6.07, 6.45) is 17.9. The van der Waals surface area contributed by atoms with Crippen LogP contribution in [-0.2, 0) is 27.9 Å². The fourth-order valence-electron chi connectivity index (χ4n) is 7.87. The van der Waals surface area contributed by atoms with Crippen LogP contribution in [0, 0.1) is 28.6 Å². The van der Waals surface area contributed by atoms with E-state index in [0.717, 1.165) is 51.4 Å². The number of fused-ring (bicyclic) bond motifs is 3. The normalized spacial score (nSPS) is 33.0. The Morgan fingerprint density at radius 2 is 1.78 bits per heavy atom. The second-order valence-electron chi connectivity index (χ2n) is 14.8. The maximum absolute atomic E-state index is 11.8. The van der Waals surface area contributed by atoms with Gasteiger partial charge < -0.3 is 13.6 Å². The summed E-state index contributed by atoms with van der Waals surface area (Å²) < 4.78 is 48.2. The number of hydrogen-bond acceptors (Lipinski definition) is 6. The van der Waals surface area contributed by atoms with Crippen molar-refractivity contribution in [1.82, 2.24) is 0 Å². The quantitative estimate of drug-likeness (QED) is 0.0534. The molecule has 0 aromatic heterocycles. The number of ether oxygens (including phenoxy) is 1. The first-order chi connectivity index (χ1) is 19.0. The Morgan fingerprint density at radius 3 is 2.34 bits per heavy atom. The highest BCUT2D eigenvalue weighted by Gasteiger charge is 2.79. The summed E-state index contributed by atoms with van der Waals surface area (Å²) in [5.74, 6) is 1.27. The van der Waals surface area contributed by atoms with Crippen LogP contribution in [0.15, 0.2) is 24.8 Å². The van der Waals surface area contributed by atoms with Gasteiger partial charge in [0.1, 0.15) is 11.7 Å². The van der Waals surface area contributed by atoms with Gasteiger partial charge in [-0.3, -0.25) is 4.18 Å². The Bertz CT molecular complexity index is 1010. The number of rotatable bonds is 18. The van der Waals surface area contributed by atoms with Crippen molar-refractivity contribution in [3.8, 4) is 0 Å². The summed E-state index contributed by atoms with van der Waals surface area (Å²) in [6, 6.07) is 0. The van der Waals surface area contributed by atoms with E-state index in [0.29, 0.717) is 17.8 Å². The van der Waals surface area contributed by atoms with E-state index >= 15 is 0 Å². The SMILES string of the molecule is C=CC(CC=C[C@@H]1[C@H](CCCC)C[C@@]2(O[SiH](C)C)C3OC3(COS(C)(=O)=O)C[C@@H]12)(CCCCO[SiH](C)C)C(C)(C)C. The van der Waals surface area contributed by atoms with Gasteiger partial charge in [0.05, 0.1) is 18.5 Å². The van der Waals surface area contributed by atoms with E-state index in [-0.39, 0.29) is 29.1 Å². The van der Waals surface area contributed by atoms with Crippen molar-refractivity contribution in [2.24, 2.45) is 28.6 Å². The second kappa shape index (κ2) is 13.8. The lowest BCUT2D eigenvalue weighted by Gasteiger charge is -2.43. The van der Waals surface area contributed by atoms with E-state index in [1.54, 1.807) is 0 Å². The summed E-state index contributed by atoms with van der Waals surface area (Å²) in [7, 11) is -5.88. The van der Waals surface area contributed by atoms with Crippen molar-refractivity contribution in [3.05, 3.63) is 24.8 Å². The maximum Gasteiger partial charge on any atom is 0.264 e. The van der Waals surface area contributed by atoms with Crippen LogP contribution in [0.25, 0.3) is 0 Å². The number of hydrogen-bond donors (Lipinski definition) is 0. The average Bonchev–Trinajstić information content (AvgIpc) is 3.43. The van der Waals surface area contributed by atoms with Crippen molar-refractivity contribution in [3.63, 3.8) is 0 Å². The third-order valence-corrected chi connectivity index (χ3v) is 12.5. The highest BCUT2D eigenvalue weighted by molar-refractivity contribution is 7.85. The molecule has 1 aliphatic heterocycles. The van der Waals surface area contributed by atoms with E-state index in [9.17, 15) is 8.42 Å². The lowest BCUT2D eigenvalue weighted by Crippen LogP contribution is -2.43. The average molecular weight is 629 g/mol. The Kier molecular flexibility index (Phi) is 11.8. The van der Waals surface area contributed by atoms with Crippen molar-refractivity contribution >= 4 is 28.2 Å². The zero-order valence-electron chi connectivity index (χ0n) is 27.5. The van der Waals surface area contributed by atoms with E-state index in [1.807, 2.05) is 0 Å². The van der Waals surface area contributed by atoms with Gasteiger partial charge in [0.25, 0.3) is 10.1 Å². The molecule has 41 heavy (non-hydrogen) atoms. The minimum absolute atomic E-state index is 0.0141. The molecule has 0 spiro atoms. The molecule has 3 rings (SSSR count). The molecule has 6 nitrogen and oxygen atoms in total. The van der Waals surface area contributed by atoms with Crippen molar-refractivity contribution in [2.45, 2.75) is 129 Å². The molecule has 0 N–H and O–H groups in total. The van der Waals surface area contributed by atoms with Gasteiger partial charge in [0.2, 0.25) is 0 Å². The first kappa shape index (κ1) is 35.2. The lowest BCUT2D eigenvalue weighted by molar-refractivity contribution is -0.0128. The third kappa shape index (κ3) is 8.25. The summed E-state index contributed by atoms with van der Waals surface area (Å²) in [4.78, 5) is 0. The minimum Gasteiger partial charge on any atom is -0.421 e. The standard InChI is InChI=1S/C32H60O6SSi2/c1-11-13-17-25-22-32(38-41(9)10)27(23-31(28(32)37-31)24-35-39(6,33)34)26(25)18-16-20-30(12-2,29(3,4)5)19-14-15-21-36-40(7)8/h12,16,18,25-28,40-41H,2,11,13-15,17,19-24H2,1,3-10H3/t25-,26-,27+,28?,30?,31?,32+/m1/s1. The predicted octanol–water partition coefficient (Wildman–Crippen LogP) is 7.02. The Morgan fingerprint density at radius 1 is 1.07 bits per heavy atom. The lowest BCUT2D eigenvalue weighted by atomic mass is 9.62. The van der Waals surface area contributed by atoms with Crippen LogP contribution >= 0.6 is 0 Å². The van der Waals surface area contributed by atoms with Crippen LogP contribution in [-0.4, -0.2) is 63.3 Å². The van der Waals surface area contributed by atoms with E-state index in [2.05, 4.69) is 78.7 Å².